The lowest BCUT2D eigenvalue weighted by molar-refractivity contribution is 0.100. The molecule has 1 aromatic carbocycles. The van der Waals surface area contributed by atoms with E-state index < -0.39 is 5.91 Å². The Morgan fingerprint density at radius 3 is 2.60 bits per heavy atom. The number of carbonyl (C=O) groups is 1. The summed E-state index contributed by atoms with van der Waals surface area (Å²) < 4.78 is 0. The van der Waals surface area contributed by atoms with Gasteiger partial charge in [0.1, 0.15) is 0 Å². The van der Waals surface area contributed by atoms with Crippen LogP contribution in [-0.4, -0.2) is 11.4 Å². The molecule has 4 nitrogen and oxygen atoms in total. The van der Waals surface area contributed by atoms with E-state index in [1.54, 1.807) is 18.2 Å². The highest BCUT2D eigenvalue weighted by atomic mass is 16.1. The van der Waals surface area contributed by atoms with Crippen molar-refractivity contribution in [2.75, 3.05) is 11.1 Å². The molecule has 80 valence electrons. The zero-order valence-electron chi connectivity index (χ0n) is 8.71. The summed E-state index contributed by atoms with van der Waals surface area (Å²) in [6, 6.07) is 5.10. The summed E-state index contributed by atoms with van der Waals surface area (Å²) >= 11 is 0. The molecular formula is C11H15N3O. The lowest BCUT2D eigenvalue weighted by Gasteiger charge is -2.15. The minimum atomic E-state index is -0.453. The average Bonchev–Trinajstić information content (AvgIpc) is 2.87. The van der Waals surface area contributed by atoms with E-state index in [1.807, 2.05) is 0 Å². The van der Waals surface area contributed by atoms with Crippen LogP contribution in [0, 0.1) is 0 Å². The zero-order chi connectivity index (χ0) is 11.1. The van der Waals surface area contributed by atoms with Crippen molar-refractivity contribution in [2.24, 2.45) is 5.73 Å². The van der Waals surface area contributed by atoms with Crippen molar-refractivity contribution in [3.05, 3.63) is 23.8 Å². The van der Waals surface area contributed by atoms with Gasteiger partial charge in [0.05, 0.1) is 11.4 Å². The van der Waals surface area contributed by atoms with Crippen LogP contribution in [0.4, 0.5) is 11.4 Å². The summed E-state index contributed by atoms with van der Waals surface area (Å²) in [7, 11) is 0. The number of anilines is 2. The van der Waals surface area contributed by atoms with Gasteiger partial charge in [0.25, 0.3) is 0 Å². The first-order valence-electron chi connectivity index (χ1n) is 4.98. The molecule has 0 aromatic heterocycles. The minimum Gasteiger partial charge on any atom is -0.397 e. The molecular weight excluding hydrogens is 190 g/mol. The maximum atomic E-state index is 10.9. The van der Waals surface area contributed by atoms with Crippen LogP contribution in [0.5, 0.6) is 0 Å². The molecule has 0 radical (unpaired) electrons. The second-order valence-electron chi connectivity index (χ2n) is 4.35. The normalized spacial score (nSPS) is 17.1. The summed E-state index contributed by atoms with van der Waals surface area (Å²) in [5.41, 5.74) is 13.1. The molecule has 5 N–H and O–H groups in total. The Bertz CT molecular complexity index is 410. The number of nitrogens with two attached hydrogens (primary N) is 2. The predicted molar refractivity (Wildman–Crippen MR) is 60.6 cm³/mol. The van der Waals surface area contributed by atoms with Gasteiger partial charge in [-0.25, -0.2) is 0 Å². The molecule has 0 atom stereocenters. The van der Waals surface area contributed by atoms with E-state index in [2.05, 4.69) is 12.2 Å². The Hall–Kier alpha value is -1.71. The molecule has 4 heteroatoms. The fourth-order valence-corrected chi connectivity index (χ4v) is 1.47. The second kappa shape index (κ2) is 3.15. The van der Waals surface area contributed by atoms with Crippen molar-refractivity contribution < 1.29 is 4.79 Å². The molecule has 1 saturated carbocycles. The van der Waals surface area contributed by atoms with Crippen LogP contribution in [0.25, 0.3) is 0 Å². The van der Waals surface area contributed by atoms with E-state index in [4.69, 9.17) is 11.5 Å². The average molecular weight is 205 g/mol. The summed E-state index contributed by atoms with van der Waals surface area (Å²) in [6.07, 6.45) is 2.31. The fourth-order valence-electron chi connectivity index (χ4n) is 1.47. The van der Waals surface area contributed by atoms with E-state index >= 15 is 0 Å². The molecule has 1 aliphatic rings. The highest BCUT2D eigenvalue weighted by Crippen LogP contribution is 2.39. The summed E-state index contributed by atoms with van der Waals surface area (Å²) in [5, 5.41) is 3.35. The molecule has 1 aliphatic carbocycles. The standard InChI is InChI=1S/C11H15N3O/c1-11(4-5-11)14-9-3-2-7(10(13)15)6-8(9)12/h2-3,6,14H,4-5,12H2,1H3,(H2,13,15). The quantitative estimate of drug-likeness (QED) is 0.651. The number of carbonyl (C=O) groups excluding carboxylic acids is 1. The van der Waals surface area contributed by atoms with Crippen LogP contribution in [0.1, 0.15) is 30.1 Å². The topological polar surface area (TPSA) is 81.1 Å². The first-order valence-corrected chi connectivity index (χ1v) is 4.98. The SMILES string of the molecule is CC1(Nc2ccc(C(N)=O)cc2N)CC1. The molecule has 1 fully saturated rings. The third-order valence-electron chi connectivity index (χ3n) is 2.77. The fraction of sp³-hybridized carbons (Fsp3) is 0.364. The van der Waals surface area contributed by atoms with Gasteiger partial charge < -0.3 is 16.8 Å². The van der Waals surface area contributed by atoms with Gasteiger partial charge in [-0.2, -0.15) is 0 Å². The number of hydrogen-bond donors (Lipinski definition) is 3. The van der Waals surface area contributed by atoms with Crippen LogP contribution >= 0.6 is 0 Å². The monoisotopic (exact) mass is 205 g/mol. The largest absolute Gasteiger partial charge is 0.397 e. The maximum Gasteiger partial charge on any atom is 0.248 e. The predicted octanol–water partition coefficient (Wildman–Crippen LogP) is 1.33. The van der Waals surface area contributed by atoms with Gasteiger partial charge in [0.15, 0.2) is 0 Å². The van der Waals surface area contributed by atoms with Crippen LogP contribution < -0.4 is 16.8 Å². The molecule has 15 heavy (non-hydrogen) atoms. The zero-order valence-corrected chi connectivity index (χ0v) is 8.71. The Morgan fingerprint density at radius 1 is 1.47 bits per heavy atom. The van der Waals surface area contributed by atoms with Gasteiger partial charge >= 0.3 is 0 Å². The molecule has 0 bridgehead atoms. The molecule has 2 rings (SSSR count). The van der Waals surface area contributed by atoms with E-state index in [0.29, 0.717) is 11.3 Å². The molecule has 0 saturated heterocycles. The summed E-state index contributed by atoms with van der Waals surface area (Å²) in [4.78, 5) is 10.9. The first kappa shape index (κ1) is 9.83. The van der Waals surface area contributed by atoms with E-state index in [9.17, 15) is 4.79 Å². The van der Waals surface area contributed by atoms with Crippen molar-refractivity contribution in [3.63, 3.8) is 0 Å². The number of nitrogens with one attached hydrogen (secondary N) is 1. The van der Waals surface area contributed by atoms with Gasteiger partial charge in [-0.05, 0) is 38.0 Å². The second-order valence-corrected chi connectivity index (χ2v) is 4.35. The van der Waals surface area contributed by atoms with Crippen LogP contribution in [-0.2, 0) is 0 Å². The Balaban J connectivity index is 2.22. The molecule has 1 aromatic rings. The number of amides is 1. The Morgan fingerprint density at radius 2 is 2.13 bits per heavy atom. The number of primary amides is 1. The number of nitrogen functional groups attached to an aromatic ring is 1. The van der Waals surface area contributed by atoms with Crippen molar-refractivity contribution in [3.8, 4) is 0 Å². The van der Waals surface area contributed by atoms with Crippen molar-refractivity contribution in [1.29, 1.82) is 0 Å². The highest BCUT2D eigenvalue weighted by molar-refractivity contribution is 5.94. The number of hydrogen-bond acceptors (Lipinski definition) is 3. The third kappa shape index (κ3) is 2.03. The molecule has 0 heterocycles. The van der Waals surface area contributed by atoms with E-state index in [0.717, 1.165) is 18.5 Å². The Kier molecular flexibility index (Phi) is 2.07. The van der Waals surface area contributed by atoms with Crippen LogP contribution in [0.15, 0.2) is 18.2 Å². The van der Waals surface area contributed by atoms with Gasteiger partial charge in [0, 0.05) is 11.1 Å². The maximum absolute atomic E-state index is 10.9. The summed E-state index contributed by atoms with van der Waals surface area (Å²) in [6.45, 7) is 2.15. The lowest BCUT2D eigenvalue weighted by Crippen LogP contribution is -2.18. The minimum absolute atomic E-state index is 0.183. The van der Waals surface area contributed by atoms with Gasteiger partial charge in [-0.1, -0.05) is 0 Å². The molecule has 0 spiro atoms. The highest BCUT2D eigenvalue weighted by Gasteiger charge is 2.37. The van der Waals surface area contributed by atoms with Gasteiger partial charge in [0.2, 0.25) is 5.91 Å². The Labute approximate surface area is 88.6 Å². The van der Waals surface area contributed by atoms with Crippen molar-refractivity contribution >= 4 is 17.3 Å². The van der Waals surface area contributed by atoms with Crippen LogP contribution in [0.2, 0.25) is 0 Å². The summed E-state index contributed by atoms with van der Waals surface area (Å²) in [5.74, 6) is -0.453. The van der Waals surface area contributed by atoms with E-state index in [1.165, 1.54) is 0 Å². The molecule has 0 unspecified atom stereocenters. The van der Waals surface area contributed by atoms with Crippen molar-refractivity contribution in [2.45, 2.75) is 25.3 Å². The lowest BCUT2D eigenvalue weighted by atomic mass is 10.1. The number of benzene rings is 1. The van der Waals surface area contributed by atoms with Gasteiger partial charge in [-0.15, -0.1) is 0 Å². The first-order chi connectivity index (χ1) is 7.00. The third-order valence-corrected chi connectivity index (χ3v) is 2.77. The number of rotatable bonds is 3. The van der Waals surface area contributed by atoms with Crippen molar-refractivity contribution in [1.82, 2.24) is 0 Å². The van der Waals surface area contributed by atoms with Crippen LogP contribution in [0.3, 0.4) is 0 Å². The molecule has 1 amide bonds. The van der Waals surface area contributed by atoms with E-state index in [-0.39, 0.29) is 5.54 Å². The smallest absolute Gasteiger partial charge is 0.248 e. The van der Waals surface area contributed by atoms with Gasteiger partial charge in [-0.3, -0.25) is 4.79 Å². The molecule has 0 aliphatic heterocycles.